The highest BCUT2D eigenvalue weighted by atomic mass is 19.4. The van der Waals surface area contributed by atoms with Crippen molar-refractivity contribution < 1.29 is 27.9 Å². The number of hydrogen-bond acceptors (Lipinski definition) is 2. The van der Waals surface area contributed by atoms with Crippen LogP contribution in [0.15, 0.2) is 11.6 Å². The highest BCUT2D eigenvalue weighted by Crippen LogP contribution is 2.30. The lowest BCUT2D eigenvalue weighted by molar-refractivity contribution is -0.141. The number of carboxylic acids is 1. The minimum absolute atomic E-state index is 0.0201. The molecule has 0 spiro atoms. The molecular weight excluding hydrogens is 289 g/mol. The van der Waals surface area contributed by atoms with Crippen LogP contribution in [0.3, 0.4) is 0 Å². The van der Waals surface area contributed by atoms with E-state index in [4.69, 9.17) is 5.11 Å². The lowest BCUT2D eigenvalue weighted by Crippen LogP contribution is -2.46. The summed E-state index contributed by atoms with van der Waals surface area (Å²) in [5, 5.41) is 11.6. The first-order valence-electron chi connectivity index (χ1n) is 6.82. The predicted octanol–water partition coefficient (Wildman–Crippen LogP) is 2.14. The van der Waals surface area contributed by atoms with Gasteiger partial charge in [0.25, 0.3) is 0 Å². The van der Waals surface area contributed by atoms with Crippen LogP contribution in [0.4, 0.5) is 18.0 Å². The number of halogens is 3. The quantitative estimate of drug-likeness (QED) is 0.768. The van der Waals surface area contributed by atoms with E-state index in [1.807, 2.05) is 0 Å². The van der Waals surface area contributed by atoms with E-state index in [0.29, 0.717) is 19.3 Å². The van der Waals surface area contributed by atoms with Gasteiger partial charge < -0.3 is 15.3 Å². The van der Waals surface area contributed by atoms with Crippen LogP contribution in [0, 0.1) is 5.92 Å². The summed E-state index contributed by atoms with van der Waals surface area (Å²) in [4.78, 5) is 24.1. The van der Waals surface area contributed by atoms with Gasteiger partial charge in [0.15, 0.2) is 0 Å². The molecule has 8 heteroatoms. The zero-order valence-electron chi connectivity index (χ0n) is 11.3. The number of carboxylic acid groups (broad SMARTS) is 1. The molecule has 0 aromatic carbocycles. The second-order valence-corrected chi connectivity index (χ2v) is 5.42. The zero-order chi connectivity index (χ0) is 15.6. The van der Waals surface area contributed by atoms with Crippen molar-refractivity contribution >= 4 is 12.0 Å². The lowest BCUT2D eigenvalue weighted by atomic mass is 10.1. The molecule has 1 fully saturated rings. The molecule has 2 N–H and O–H groups in total. The first kappa shape index (κ1) is 15.7. The third kappa shape index (κ3) is 3.89. The van der Waals surface area contributed by atoms with E-state index in [9.17, 15) is 22.8 Å². The van der Waals surface area contributed by atoms with E-state index >= 15 is 0 Å². The Morgan fingerprint density at radius 3 is 2.52 bits per heavy atom. The molecule has 0 aromatic heterocycles. The fourth-order valence-corrected chi connectivity index (χ4v) is 2.71. The first-order valence-corrected chi connectivity index (χ1v) is 6.82. The van der Waals surface area contributed by atoms with E-state index in [2.05, 4.69) is 5.32 Å². The van der Waals surface area contributed by atoms with Crippen molar-refractivity contribution in [1.29, 1.82) is 0 Å². The van der Waals surface area contributed by atoms with E-state index in [-0.39, 0.29) is 25.6 Å². The topological polar surface area (TPSA) is 69.6 Å². The van der Waals surface area contributed by atoms with Gasteiger partial charge in [-0.2, -0.15) is 13.2 Å². The summed E-state index contributed by atoms with van der Waals surface area (Å²) < 4.78 is 37.4. The van der Waals surface area contributed by atoms with Crippen molar-refractivity contribution in [2.75, 3.05) is 13.1 Å². The maximum atomic E-state index is 12.5. The number of urea groups is 1. The van der Waals surface area contributed by atoms with Crippen molar-refractivity contribution in [1.82, 2.24) is 10.2 Å². The van der Waals surface area contributed by atoms with Crippen LogP contribution >= 0.6 is 0 Å². The SMILES string of the molecule is O=C(O)C1CCC(NC(=O)N2CC=C(C(F)(F)F)CC2)C1. The number of aliphatic carboxylic acids is 1. The molecule has 2 unspecified atom stereocenters. The normalized spacial score (nSPS) is 26.4. The van der Waals surface area contributed by atoms with Gasteiger partial charge in [-0.15, -0.1) is 0 Å². The number of nitrogens with one attached hydrogen (secondary N) is 1. The molecule has 2 atom stereocenters. The van der Waals surface area contributed by atoms with Gasteiger partial charge in [-0.3, -0.25) is 4.79 Å². The van der Waals surface area contributed by atoms with Gasteiger partial charge in [-0.05, 0) is 25.7 Å². The summed E-state index contributed by atoms with van der Waals surface area (Å²) in [6.07, 6.45) is -2.04. The Kier molecular flexibility index (Phi) is 4.43. The van der Waals surface area contributed by atoms with Gasteiger partial charge >= 0.3 is 18.2 Å². The average Bonchev–Trinajstić information content (AvgIpc) is 2.86. The van der Waals surface area contributed by atoms with Gasteiger partial charge in [0.05, 0.1) is 5.92 Å². The minimum Gasteiger partial charge on any atom is -0.481 e. The van der Waals surface area contributed by atoms with E-state index in [0.717, 1.165) is 6.08 Å². The van der Waals surface area contributed by atoms with Crippen LogP contribution in [0.1, 0.15) is 25.7 Å². The van der Waals surface area contributed by atoms with Crippen molar-refractivity contribution in [2.24, 2.45) is 5.92 Å². The zero-order valence-corrected chi connectivity index (χ0v) is 11.3. The molecule has 0 bridgehead atoms. The van der Waals surface area contributed by atoms with E-state index in [1.165, 1.54) is 4.90 Å². The third-order valence-electron chi connectivity index (χ3n) is 3.97. The maximum Gasteiger partial charge on any atom is 0.412 e. The van der Waals surface area contributed by atoms with Gasteiger partial charge in [-0.25, -0.2) is 4.79 Å². The minimum atomic E-state index is -4.33. The summed E-state index contributed by atoms with van der Waals surface area (Å²) >= 11 is 0. The van der Waals surface area contributed by atoms with Crippen molar-refractivity contribution in [3.05, 3.63) is 11.6 Å². The Morgan fingerprint density at radius 2 is 2.05 bits per heavy atom. The monoisotopic (exact) mass is 306 g/mol. The number of amides is 2. The Balaban J connectivity index is 1.83. The summed E-state index contributed by atoms with van der Waals surface area (Å²) in [5.41, 5.74) is -0.599. The van der Waals surface area contributed by atoms with Crippen LogP contribution in [-0.2, 0) is 4.79 Å². The molecule has 1 aliphatic carbocycles. The number of carbonyl (C=O) groups excluding carboxylic acids is 1. The fourth-order valence-electron chi connectivity index (χ4n) is 2.71. The molecule has 0 aromatic rings. The van der Waals surface area contributed by atoms with Crippen LogP contribution in [0.2, 0.25) is 0 Å². The summed E-state index contributed by atoms with van der Waals surface area (Å²) in [5.74, 6) is -1.32. The van der Waals surface area contributed by atoms with E-state index in [1.54, 1.807) is 0 Å². The third-order valence-corrected chi connectivity index (χ3v) is 3.97. The van der Waals surface area contributed by atoms with Crippen LogP contribution in [-0.4, -0.2) is 47.3 Å². The number of rotatable bonds is 2. The second-order valence-electron chi connectivity index (χ2n) is 5.42. The van der Waals surface area contributed by atoms with Crippen molar-refractivity contribution in [3.8, 4) is 0 Å². The molecule has 1 saturated carbocycles. The number of carbonyl (C=O) groups is 2. The highest BCUT2D eigenvalue weighted by molar-refractivity contribution is 5.75. The molecule has 0 saturated heterocycles. The molecule has 1 aliphatic heterocycles. The van der Waals surface area contributed by atoms with Crippen molar-refractivity contribution in [3.63, 3.8) is 0 Å². The Hall–Kier alpha value is -1.73. The summed E-state index contributed by atoms with van der Waals surface area (Å²) in [7, 11) is 0. The second kappa shape index (κ2) is 5.95. The summed E-state index contributed by atoms with van der Waals surface area (Å²) in [6, 6.07) is -0.643. The number of nitrogens with zero attached hydrogens (tertiary/aromatic N) is 1. The van der Waals surface area contributed by atoms with Gasteiger partial charge in [0, 0.05) is 24.7 Å². The first-order chi connectivity index (χ1) is 9.77. The molecule has 118 valence electrons. The fraction of sp³-hybridized carbons (Fsp3) is 0.692. The predicted molar refractivity (Wildman–Crippen MR) is 67.6 cm³/mol. The molecule has 2 aliphatic rings. The Bertz CT molecular complexity index is 462. The molecule has 1 heterocycles. The van der Waals surface area contributed by atoms with Gasteiger partial charge in [-0.1, -0.05) is 6.08 Å². The lowest BCUT2D eigenvalue weighted by Gasteiger charge is -2.28. The van der Waals surface area contributed by atoms with Crippen molar-refractivity contribution in [2.45, 2.75) is 37.9 Å². The van der Waals surface area contributed by atoms with Gasteiger partial charge in [0.1, 0.15) is 0 Å². The summed E-state index contributed by atoms with van der Waals surface area (Å²) in [6.45, 7) is -0.0536. The molecule has 2 amide bonds. The number of alkyl halides is 3. The standard InChI is InChI=1S/C13H17F3N2O3/c14-13(15,16)9-3-5-18(6-4-9)12(21)17-10-2-1-8(7-10)11(19)20/h3,8,10H,1-2,4-7H2,(H,17,21)(H,19,20). The molecule has 2 rings (SSSR count). The highest BCUT2D eigenvalue weighted by Gasteiger charge is 2.36. The van der Waals surface area contributed by atoms with Crippen LogP contribution in [0.5, 0.6) is 0 Å². The van der Waals surface area contributed by atoms with Crippen LogP contribution in [0.25, 0.3) is 0 Å². The van der Waals surface area contributed by atoms with E-state index < -0.39 is 29.7 Å². The average molecular weight is 306 g/mol. The Labute approximate surface area is 119 Å². The Morgan fingerprint density at radius 1 is 1.33 bits per heavy atom. The molecule has 5 nitrogen and oxygen atoms in total. The molecular formula is C13H17F3N2O3. The largest absolute Gasteiger partial charge is 0.481 e. The molecule has 21 heavy (non-hydrogen) atoms. The number of hydrogen-bond donors (Lipinski definition) is 2. The smallest absolute Gasteiger partial charge is 0.412 e. The maximum absolute atomic E-state index is 12.5. The van der Waals surface area contributed by atoms with Crippen LogP contribution < -0.4 is 5.32 Å². The molecule has 0 radical (unpaired) electrons. The van der Waals surface area contributed by atoms with Gasteiger partial charge in [0.2, 0.25) is 0 Å².